The van der Waals surface area contributed by atoms with Gasteiger partial charge in [0.25, 0.3) is 5.91 Å². The summed E-state index contributed by atoms with van der Waals surface area (Å²) in [6.07, 6.45) is 3.21. The number of rotatable bonds is 2. The van der Waals surface area contributed by atoms with E-state index >= 15 is 0 Å². The van der Waals surface area contributed by atoms with Crippen LogP contribution < -0.4 is 0 Å². The number of hydrogen-bond donors (Lipinski definition) is 0. The molecular formula is C10H12N4O. The number of aryl methyl sites for hydroxylation is 2. The fourth-order valence-electron chi connectivity index (χ4n) is 1.47. The standard InChI is InChI=1S/C10H12N4O/c1-3-13-9(7-8(2)12-13)10(15)14-6-4-5-11-14/h4-7H,3H2,1-2H3. The number of hydrogen-bond acceptors (Lipinski definition) is 3. The van der Waals surface area contributed by atoms with Gasteiger partial charge in [0.1, 0.15) is 5.69 Å². The van der Waals surface area contributed by atoms with Crippen molar-refractivity contribution < 1.29 is 4.79 Å². The molecule has 2 aromatic rings. The predicted molar refractivity (Wildman–Crippen MR) is 54.6 cm³/mol. The van der Waals surface area contributed by atoms with E-state index in [1.807, 2.05) is 13.8 Å². The number of carbonyl (C=O) groups excluding carboxylic acids is 1. The Morgan fingerprint density at radius 2 is 2.33 bits per heavy atom. The molecule has 0 radical (unpaired) electrons. The smallest absolute Gasteiger partial charge is 0.265 e. The highest BCUT2D eigenvalue weighted by atomic mass is 16.2. The Morgan fingerprint density at radius 1 is 1.53 bits per heavy atom. The van der Waals surface area contributed by atoms with E-state index < -0.39 is 0 Å². The summed E-state index contributed by atoms with van der Waals surface area (Å²) >= 11 is 0. The van der Waals surface area contributed by atoms with Crippen molar-refractivity contribution in [3.05, 3.63) is 35.9 Å². The van der Waals surface area contributed by atoms with E-state index in [-0.39, 0.29) is 5.91 Å². The van der Waals surface area contributed by atoms with Crippen LogP contribution in [0.15, 0.2) is 24.5 Å². The summed E-state index contributed by atoms with van der Waals surface area (Å²) in [5.41, 5.74) is 1.41. The topological polar surface area (TPSA) is 52.7 Å². The summed E-state index contributed by atoms with van der Waals surface area (Å²) in [5.74, 6) is -0.151. The second-order valence-electron chi connectivity index (χ2n) is 3.24. The Balaban J connectivity index is 2.41. The van der Waals surface area contributed by atoms with Crippen molar-refractivity contribution in [1.29, 1.82) is 0 Å². The third-order valence-electron chi connectivity index (χ3n) is 2.13. The molecule has 15 heavy (non-hydrogen) atoms. The van der Waals surface area contributed by atoms with Gasteiger partial charge in [0.15, 0.2) is 0 Å². The monoisotopic (exact) mass is 204 g/mol. The molecule has 0 bridgehead atoms. The van der Waals surface area contributed by atoms with Gasteiger partial charge in [0.05, 0.1) is 5.69 Å². The summed E-state index contributed by atoms with van der Waals surface area (Å²) < 4.78 is 2.99. The highest BCUT2D eigenvalue weighted by molar-refractivity contribution is 5.93. The molecule has 5 nitrogen and oxygen atoms in total. The molecule has 5 heteroatoms. The van der Waals surface area contributed by atoms with Gasteiger partial charge in [-0.05, 0) is 26.0 Å². The molecule has 0 atom stereocenters. The quantitative estimate of drug-likeness (QED) is 0.736. The molecule has 0 aliphatic rings. The van der Waals surface area contributed by atoms with Gasteiger partial charge in [-0.15, -0.1) is 0 Å². The van der Waals surface area contributed by atoms with Crippen LogP contribution in [0.25, 0.3) is 0 Å². The first kappa shape index (κ1) is 9.64. The number of aromatic nitrogens is 4. The zero-order valence-electron chi connectivity index (χ0n) is 8.71. The highest BCUT2D eigenvalue weighted by Crippen LogP contribution is 2.05. The van der Waals surface area contributed by atoms with E-state index in [1.54, 1.807) is 29.2 Å². The number of carbonyl (C=O) groups is 1. The van der Waals surface area contributed by atoms with Crippen molar-refractivity contribution in [3.63, 3.8) is 0 Å². The first-order chi connectivity index (χ1) is 7.22. The molecule has 0 unspecified atom stereocenters. The average molecular weight is 204 g/mol. The maximum absolute atomic E-state index is 11.9. The molecule has 2 aromatic heterocycles. The molecule has 2 rings (SSSR count). The Labute approximate surface area is 87.3 Å². The van der Waals surface area contributed by atoms with Gasteiger partial charge in [0, 0.05) is 18.9 Å². The van der Waals surface area contributed by atoms with E-state index in [9.17, 15) is 4.79 Å². The van der Waals surface area contributed by atoms with Crippen molar-refractivity contribution in [2.75, 3.05) is 0 Å². The molecule has 0 fully saturated rings. The SMILES string of the molecule is CCn1nc(C)cc1C(=O)n1cccn1. The van der Waals surface area contributed by atoms with Crippen molar-refractivity contribution in [3.8, 4) is 0 Å². The molecular weight excluding hydrogens is 192 g/mol. The van der Waals surface area contributed by atoms with Crippen molar-refractivity contribution in [2.45, 2.75) is 20.4 Å². The molecule has 0 amide bonds. The summed E-state index contributed by atoms with van der Waals surface area (Å²) in [5, 5.41) is 8.12. The average Bonchev–Trinajstić information content (AvgIpc) is 2.84. The van der Waals surface area contributed by atoms with Crippen LogP contribution in [0.4, 0.5) is 0 Å². The lowest BCUT2D eigenvalue weighted by Gasteiger charge is -2.02. The third kappa shape index (κ3) is 1.68. The second kappa shape index (κ2) is 3.68. The predicted octanol–water partition coefficient (Wildman–Crippen LogP) is 1.10. The van der Waals surface area contributed by atoms with Gasteiger partial charge in [0.2, 0.25) is 0 Å². The first-order valence-electron chi connectivity index (χ1n) is 4.81. The number of nitrogens with zero attached hydrogens (tertiary/aromatic N) is 4. The fraction of sp³-hybridized carbons (Fsp3) is 0.300. The Kier molecular flexibility index (Phi) is 2.37. The lowest BCUT2D eigenvalue weighted by Crippen LogP contribution is -2.17. The maximum atomic E-state index is 11.9. The van der Waals surface area contributed by atoms with Crippen LogP contribution in [0.2, 0.25) is 0 Å². The molecule has 0 aliphatic carbocycles. The van der Waals surface area contributed by atoms with E-state index in [0.717, 1.165) is 5.69 Å². The molecule has 0 saturated heterocycles. The van der Waals surface area contributed by atoms with Gasteiger partial charge < -0.3 is 0 Å². The van der Waals surface area contributed by atoms with Gasteiger partial charge >= 0.3 is 0 Å². The minimum Gasteiger partial charge on any atom is -0.265 e. The molecule has 78 valence electrons. The summed E-state index contributed by atoms with van der Waals surface area (Å²) in [4.78, 5) is 11.9. The lowest BCUT2D eigenvalue weighted by molar-refractivity contribution is 0.0934. The first-order valence-corrected chi connectivity index (χ1v) is 4.81. The van der Waals surface area contributed by atoms with Crippen molar-refractivity contribution in [2.24, 2.45) is 0 Å². The summed E-state index contributed by atoms with van der Waals surface area (Å²) in [6.45, 7) is 4.49. The van der Waals surface area contributed by atoms with Crippen molar-refractivity contribution >= 4 is 5.91 Å². The fourth-order valence-corrected chi connectivity index (χ4v) is 1.47. The van der Waals surface area contributed by atoms with E-state index in [1.165, 1.54) is 4.68 Å². The Hall–Kier alpha value is -1.91. The third-order valence-corrected chi connectivity index (χ3v) is 2.13. The minimum atomic E-state index is -0.151. The maximum Gasteiger partial charge on any atom is 0.296 e. The van der Waals surface area contributed by atoms with Crippen LogP contribution in [0.1, 0.15) is 23.1 Å². The Bertz CT molecular complexity index is 470. The van der Waals surface area contributed by atoms with Crippen LogP contribution in [-0.2, 0) is 6.54 Å². The van der Waals surface area contributed by atoms with Crippen LogP contribution in [0.5, 0.6) is 0 Å². The molecule has 0 aliphatic heterocycles. The molecule has 0 aromatic carbocycles. The van der Waals surface area contributed by atoms with Crippen LogP contribution in [0, 0.1) is 6.92 Å². The zero-order chi connectivity index (χ0) is 10.8. The summed E-state index contributed by atoms with van der Waals surface area (Å²) in [7, 11) is 0. The van der Waals surface area contributed by atoms with Gasteiger partial charge in [-0.25, -0.2) is 4.68 Å². The molecule has 0 saturated carbocycles. The zero-order valence-corrected chi connectivity index (χ0v) is 8.71. The molecule has 0 spiro atoms. The normalized spacial score (nSPS) is 10.5. The summed E-state index contributed by atoms with van der Waals surface area (Å²) in [6, 6.07) is 3.49. The minimum absolute atomic E-state index is 0.151. The van der Waals surface area contributed by atoms with E-state index in [4.69, 9.17) is 0 Å². The van der Waals surface area contributed by atoms with Crippen LogP contribution in [0.3, 0.4) is 0 Å². The van der Waals surface area contributed by atoms with Crippen LogP contribution in [-0.4, -0.2) is 25.5 Å². The lowest BCUT2D eigenvalue weighted by atomic mass is 10.3. The second-order valence-corrected chi connectivity index (χ2v) is 3.24. The van der Waals surface area contributed by atoms with Gasteiger partial charge in [-0.3, -0.25) is 9.48 Å². The molecule has 2 heterocycles. The Morgan fingerprint density at radius 3 is 2.93 bits per heavy atom. The van der Waals surface area contributed by atoms with Gasteiger partial charge in [-0.2, -0.15) is 10.2 Å². The van der Waals surface area contributed by atoms with Crippen molar-refractivity contribution in [1.82, 2.24) is 19.6 Å². The molecule has 0 N–H and O–H groups in total. The highest BCUT2D eigenvalue weighted by Gasteiger charge is 2.14. The largest absolute Gasteiger partial charge is 0.296 e. The van der Waals surface area contributed by atoms with E-state index in [2.05, 4.69) is 10.2 Å². The van der Waals surface area contributed by atoms with E-state index in [0.29, 0.717) is 12.2 Å². The van der Waals surface area contributed by atoms with Crippen LogP contribution >= 0.6 is 0 Å². The van der Waals surface area contributed by atoms with Gasteiger partial charge in [-0.1, -0.05) is 0 Å².